The van der Waals surface area contributed by atoms with Crippen LogP contribution in [0.2, 0.25) is 5.02 Å². The SMILES string of the molecule is CCCC(=O)N(C)[C@@H](C)C(=O)O[C@H]1CC(=O)N(C)c2cc(cc(C)c2Cl)C/C(C)=C/C=C/[C@@H](OC)[C@@]2(O)C[C@H](OC(=O)N2)[C@@H](C)[C@@H]2O[C@@]12C. The average Bonchev–Trinajstić information content (AvgIpc) is 3.74. The molecule has 4 bridgehead atoms. The monoisotopic (exact) mass is 703 g/mol. The van der Waals surface area contributed by atoms with Crippen LogP contribution >= 0.6 is 11.6 Å². The molecule has 2 fully saturated rings. The first-order chi connectivity index (χ1) is 22.9. The number of nitrogens with zero attached hydrogens (tertiary/aromatic N) is 2. The van der Waals surface area contributed by atoms with Gasteiger partial charge in [-0.25, -0.2) is 9.59 Å². The van der Waals surface area contributed by atoms with Gasteiger partial charge in [-0.1, -0.05) is 55.3 Å². The van der Waals surface area contributed by atoms with Gasteiger partial charge in [-0.15, -0.1) is 0 Å². The van der Waals surface area contributed by atoms with Crippen molar-refractivity contribution in [2.45, 2.75) is 115 Å². The predicted octanol–water partition coefficient (Wildman–Crippen LogP) is 4.61. The zero-order valence-corrected chi connectivity index (χ0v) is 30.6. The summed E-state index contributed by atoms with van der Waals surface area (Å²) >= 11 is 6.74. The molecule has 0 aromatic heterocycles. The standard InChI is InChI=1S/C36H50ClN3O9/c1-10-12-29(41)39(7)23(5)33(43)48-28-18-30(42)40(8)25-17-24(16-21(3)31(25)37)15-20(2)13-11-14-27(46-9)36(45)19-26(47-34(44)38-36)22(4)32-35(28,6)49-32/h11,13-14,16-17,22-23,26-28,32,45H,10,12,15,18-19H2,1-9H3,(H,38,44)/b14-11+,20-13+/t22-,23+,26+,27-,28+,32+,35+,36+/m1/s1. The Kier molecular flexibility index (Phi) is 11.9. The van der Waals surface area contributed by atoms with Gasteiger partial charge in [0.15, 0.2) is 5.72 Å². The second-order valence-electron chi connectivity index (χ2n) is 13.8. The van der Waals surface area contributed by atoms with Crippen LogP contribution in [0.5, 0.6) is 0 Å². The van der Waals surface area contributed by atoms with Gasteiger partial charge in [-0.2, -0.15) is 0 Å². The fourth-order valence-electron chi connectivity index (χ4n) is 6.65. The third-order valence-electron chi connectivity index (χ3n) is 9.98. The molecule has 8 atom stereocenters. The summed E-state index contributed by atoms with van der Waals surface area (Å²) in [5.74, 6) is -1.77. The molecule has 0 spiro atoms. The summed E-state index contributed by atoms with van der Waals surface area (Å²) in [5.41, 5.74) is 0.225. The smallest absolute Gasteiger partial charge is 0.409 e. The molecule has 0 saturated carbocycles. The third kappa shape index (κ3) is 8.30. The minimum absolute atomic E-state index is 0.0293. The van der Waals surface area contributed by atoms with E-state index in [0.29, 0.717) is 23.6 Å². The lowest BCUT2D eigenvalue weighted by molar-refractivity contribution is -0.162. The molecule has 0 aliphatic carbocycles. The van der Waals surface area contributed by atoms with Gasteiger partial charge in [0.05, 0.1) is 23.2 Å². The number of alkyl carbamates (subject to hydrolysis) is 1. The number of allylic oxidation sites excluding steroid dienone is 3. The number of fused-ring (bicyclic) bond motifs is 5. The number of benzene rings is 1. The minimum Gasteiger partial charge on any atom is -0.457 e. The molecule has 1 aromatic rings. The van der Waals surface area contributed by atoms with E-state index in [1.807, 2.05) is 45.9 Å². The van der Waals surface area contributed by atoms with Gasteiger partial charge in [-0.05, 0) is 57.7 Å². The molecule has 2 saturated heterocycles. The summed E-state index contributed by atoms with van der Waals surface area (Å²) in [6, 6.07) is 2.89. The second-order valence-corrected chi connectivity index (χ2v) is 14.1. The number of anilines is 1. The fraction of sp³-hybridized carbons (Fsp3) is 0.611. The molecule has 0 radical (unpaired) electrons. The summed E-state index contributed by atoms with van der Waals surface area (Å²) < 4.78 is 23.5. The highest BCUT2D eigenvalue weighted by molar-refractivity contribution is 6.34. The number of aliphatic hydroxyl groups is 1. The normalized spacial score (nSPS) is 32.8. The molecule has 3 aliphatic heterocycles. The summed E-state index contributed by atoms with van der Waals surface area (Å²) in [6.45, 7) is 10.8. The Morgan fingerprint density at radius 1 is 1.27 bits per heavy atom. The minimum atomic E-state index is -1.80. The first-order valence-corrected chi connectivity index (χ1v) is 17.1. The van der Waals surface area contributed by atoms with E-state index in [-0.39, 0.29) is 31.1 Å². The number of carbonyl (C=O) groups is 4. The number of hydrogen-bond acceptors (Lipinski definition) is 9. The van der Waals surface area contributed by atoms with Crippen molar-refractivity contribution in [3.8, 4) is 0 Å². The molecule has 4 rings (SSSR count). The molecule has 3 amide bonds. The zero-order chi connectivity index (χ0) is 36.4. The highest BCUT2D eigenvalue weighted by Gasteiger charge is 2.64. The first kappa shape index (κ1) is 38.4. The van der Waals surface area contributed by atoms with Crippen LogP contribution in [-0.2, 0) is 39.8 Å². The number of ether oxygens (including phenoxy) is 4. The third-order valence-corrected chi connectivity index (χ3v) is 10.5. The first-order valence-electron chi connectivity index (χ1n) is 16.7. The van der Waals surface area contributed by atoms with Gasteiger partial charge in [-0.3, -0.25) is 14.9 Å². The number of nitrogens with one attached hydrogen (secondary N) is 1. The lowest BCUT2D eigenvalue weighted by atomic mass is 9.83. The number of hydrogen-bond donors (Lipinski definition) is 2. The van der Waals surface area contributed by atoms with Crippen molar-refractivity contribution in [3.63, 3.8) is 0 Å². The van der Waals surface area contributed by atoms with Crippen LogP contribution in [0.4, 0.5) is 10.5 Å². The number of rotatable bonds is 6. The van der Waals surface area contributed by atoms with Crippen molar-refractivity contribution in [2.24, 2.45) is 5.92 Å². The van der Waals surface area contributed by atoms with Crippen LogP contribution in [0.1, 0.15) is 71.4 Å². The molecule has 2 N–H and O–H groups in total. The van der Waals surface area contributed by atoms with Gasteiger partial charge in [0.2, 0.25) is 11.8 Å². The topological polar surface area (TPSA) is 147 Å². The van der Waals surface area contributed by atoms with E-state index in [1.54, 1.807) is 40.1 Å². The number of halogens is 1. The van der Waals surface area contributed by atoms with Crippen LogP contribution in [0, 0.1) is 12.8 Å². The van der Waals surface area contributed by atoms with Crippen LogP contribution in [0.25, 0.3) is 0 Å². The van der Waals surface area contributed by atoms with E-state index in [0.717, 1.165) is 16.7 Å². The number of esters is 1. The molecular weight excluding hydrogens is 654 g/mol. The fourth-order valence-corrected chi connectivity index (χ4v) is 6.88. The Morgan fingerprint density at radius 2 is 1.96 bits per heavy atom. The van der Waals surface area contributed by atoms with Crippen molar-refractivity contribution in [2.75, 3.05) is 26.1 Å². The molecule has 270 valence electrons. The number of carbonyl (C=O) groups excluding carboxylic acids is 4. The Hall–Kier alpha value is -3.45. The number of epoxide rings is 1. The Balaban J connectivity index is 1.76. The maximum atomic E-state index is 14.0. The summed E-state index contributed by atoms with van der Waals surface area (Å²) in [6.07, 6.45) is 2.22. The number of aryl methyl sites for hydroxylation is 1. The lowest BCUT2D eigenvalue weighted by Crippen LogP contribution is -2.63. The molecule has 3 heterocycles. The quantitative estimate of drug-likeness (QED) is 0.320. The van der Waals surface area contributed by atoms with E-state index in [4.69, 9.17) is 30.5 Å². The number of likely N-dealkylation sites (N-methyl/N-ethyl adjacent to an activating group) is 1. The van der Waals surface area contributed by atoms with Gasteiger partial charge in [0.25, 0.3) is 0 Å². The van der Waals surface area contributed by atoms with E-state index in [9.17, 15) is 24.3 Å². The average molecular weight is 704 g/mol. The van der Waals surface area contributed by atoms with Crippen LogP contribution in [-0.4, -0.2) is 96.9 Å². The van der Waals surface area contributed by atoms with Crippen LogP contribution < -0.4 is 10.2 Å². The van der Waals surface area contributed by atoms with Gasteiger partial charge in [0, 0.05) is 40.0 Å². The largest absolute Gasteiger partial charge is 0.457 e. The maximum absolute atomic E-state index is 14.0. The van der Waals surface area contributed by atoms with Crippen molar-refractivity contribution < 1.29 is 43.2 Å². The van der Waals surface area contributed by atoms with Gasteiger partial charge < -0.3 is 33.9 Å². The maximum Gasteiger partial charge on any atom is 0.409 e. The second kappa shape index (κ2) is 15.2. The molecule has 12 nitrogen and oxygen atoms in total. The molecule has 49 heavy (non-hydrogen) atoms. The van der Waals surface area contributed by atoms with E-state index < -0.39 is 59.8 Å². The van der Waals surface area contributed by atoms with Crippen molar-refractivity contribution in [1.29, 1.82) is 0 Å². The summed E-state index contributed by atoms with van der Waals surface area (Å²) in [5, 5.41) is 14.6. The molecule has 3 aliphatic rings. The van der Waals surface area contributed by atoms with Gasteiger partial charge in [0.1, 0.15) is 30.0 Å². The van der Waals surface area contributed by atoms with Crippen LogP contribution in [0.3, 0.4) is 0 Å². The highest BCUT2D eigenvalue weighted by atomic mass is 35.5. The number of amides is 3. The molecule has 0 unspecified atom stereocenters. The molecule has 13 heteroatoms. The highest BCUT2D eigenvalue weighted by Crippen LogP contribution is 2.49. The Labute approximate surface area is 293 Å². The van der Waals surface area contributed by atoms with Crippen molar-refractivity contribution >= 4 is 41.2 Å². The van der Waals surface area contributed by atoms with E-state index in [1.165, 1.54) is 16.9 Å². The molecule has 1 aromatic carbocycles. The lowest BCUT2D eigenvalue weighted by Gasteiger charge is -2.42. The Bertz CT molecular complexity index is 1510. The predicted molar refractivity (Wildman–Crippen MR) is 184 cm³/mol. The summed E-state index contributed by atoms with van der Waals surface area (Å²) in [7, 11) is 4.60. The van der Waals surface area contributed by atoms with Crippen LogP contribution in [0.15, 0.2) is 35.9 Å². The zero-order valence-electron chi connectivity index (χ0n) is 29.9. The van der Waals surface area contributed by atoms with Crippen molar-refractivity contribution in [3.05, 3.63) is 52.1 Å². The van der Waals surface area contributed by atoms with Gasteiger partial charge >= 0.3 is 12.1 Å². The summed E-state index contributed by atoms with van der Waals surface area (Å²) in [4.78, 5) is 55.7. The molecular formula is C36H50ClN3O9. The van der Waals surface area contributed by atoms with Crippen molar-refractivity contribution in [1.82, 2.24) is 10.2 Å². The Morgan fingerprint density at radius 3 is 2.61 bits per heavy atom. The van der Waals surface area contributed by atoms with E-state index >= 15 is 0 Å². The van der Waals surface area contributed by atoms with E-state index in [2.05, 4.69) is 5.32 Å². The number of methoxy groups -OCH3 is 1.